The lowest BCUT2D eigenvalue weighted by molar-refractivity contribution is -0.384. The molecule has 3 rings (SSSR count). The number of carbonyl (C=O) groups is 2. The van der Waals surface area contributed by atoms with E-state index < -0.39 is 22.8 Å². The van der Waals surface area contributed by atoms with Gasteiger partial charge >= 0.3 is 5.97 Å². The lowest BCUT2D eigenvalue weighted by Crippen LogP contribution is -2.33. The van der Waals surface area contributed by atoms with Crippen LogP contribution in [-0.2, 0) is 4.79 Å². The summed E-state index contributed by atoms with van der Waals surface area (Å²) >= 11 is 0. The Bertz CT molecular complexity index is 922. The topological polar surface area (TPSA) is 122 Å². The summed E-state index contributed by atoms with van der Waals surface area (Å²) in [6.07, 6.45) is 1.92. The van der Waals surface area contributed by atoms with Crippen LogP contribution >= 0.6 is 0 Å². The number of carboxylic acids is 1. The average molecular weight is 399 g/mol. The van der Waals surface area contributed by atoms with Gasteiger partial charge in [-0.05, 0) is 42.7 Å². The molecule has 0 aliphatic carbocycles. The van der Waals surface area contributed by atoms with E-state index in [9.17, 15) is 24.8 Å². The number of aliphatic carboxylic acids is 1. The maximum absolute atomic E-state index is 12.6. The van der Waals surface area contributed by atoms with E-state index in [4.69, 9.17) is 4.74 Å². The van der Waals surface area contributed by atoms with Crippen molar-refractivity contribution in [1.29, 1.82) is 0 Å². The minimum absolute atomic E-state index is 0.0272. The molecule has 1 saturated heterocycles. The fourth-order valence-corrected chi connectivity index (χ4v) is 3.33. The van der Waals surface area contributed by atoms with Gasteiger partial charge in [0.1, 0.15) is 11.4 Å². The van der Waals surface area contributed by atoms with E-state index >= 15 is 0 Å². The van der Waals surface area contributed by atoms with Crippen molar-refractivity contribution in [2.24, 2.45) is 0 Å². The number of ether oxygens (including phenoxy) is 1. The normalized spacial score (nSPS) is 14.3. The van der Waals surface area contributed by atoms with Gasteiger partial charge in [-0.1, -0.05) is 12.1 Å². The Morgan fingerprint density at radius 3 is 2.38 bits per heavy atom. The highest BCUT2D eigenvalue weighted by molar-refractivity contribution is 5.98. The van der Waals surface area contributed by atoms with Crippen molar-refractivity contribution in [1.82, 2.24) is 5.32 Å². The molecule has 2 N–H and O–H groups in total. The molecule has 0 spiro atoms. The molecule has 0 radical (unpaired) electrons. The highest BCUT2D eigenvalue weighted by Crippen LogP contribution is 2.32. The molecule has 1 unspecified atom stereocenters. The molecule has 1 aliphatic heterocycles. The SMILES string of the molecule is COc1ccc(C(NC(=O)c2ccc(N3CCCC3)c([N+](=O)[O-])c2)C(=O)O)cc1. The van der Waals surface area contributed by atoms with Crippen LogP contribution in [0.2, 0.25) is 0 Å². The number of nitro benzene ring substituents is 1. The van der Waals surface area contributed by atoms with Crippen LogP contribution in [0.1, 0.15) is 34.8 Å². The number of methoxy groups -OCH3 is 1. The van der Waals surface area contributed by atoms with Crippen molar-refractivity contribution in [2.75, 3.05) is 25.1 Å². The minimum atomic E-state index is -1.30. The molecule has 1 atom stereocenters. The van der Waals surface area contributed by atoms with Crippen molar-refractivity contribution >= 4 is 23.3 Å². The van der Waals surface area contributed by atoms with Gasteiger partial charge in [-0.15, -0.1) is 0 Å². The molecule has 1 heterocycles. The summed E-state index contributed by atoms with van der Waals surface area (Å²) in [5.41, 5.74) is 0.680. The van der Waals surface area contributed by atoms with E-state index in [1.807, 2.05) is 4.90 Å². The number of hydrogen-bond donors (Lipinski definition) is 2. The van der Waals surface area contributed by atoms with Crippen LogP contribution in [0.25, 0.3) is 0 Å². The van der Waals surface area contributed by atoms with Crippen LogP contribution in [0, 0.1) is 10.1 Å². The maximum atomic E-state index is 12.6. The number of amides is 1. The standard InChI is InChI=1S/C20H21N3O6/c1-29-15-7-4-13(5-8-15)18(20(25)26)21-19(24)14-6-9-16(17(12-14)23(27)28)22-10-2-3-11-22/h4-9,12,18H,2-3,10-11H2,1H3,(H,21,24)(H,25,26). The Hall–Kier alpha value is -3.62. The van der Waals surface area contributed by atoms with E-state index in [2.05, 4.69) is 5.32 Å². The number of nitrogens with one attached hydrogen (secondary N) is 1. The summed E-state index contributed by atoms with van der Waals surface area (Å²) in [7, 11) is 1.49. The Kier molecular flexibility index (Phi) is 5.96. The first-order valence-corrected chi connectivity index (χ1v) is 9.11. The Labute approximate surface area is 167 Å². The summed E-state index contributed by atoms with van der Waals surface area (Å²) < 4.78 is 5.05. The van der Waals surface area contributed by atoms with E-state index in [-0.39, 0.29) is 11.3 Å². The molecule has 0 aromatic heterocycles. The van der Waals surface area contributed by atoms with E-state index in [0.717, 1.165) is 25.9 Å². The van der Waals surface area contributed by atoms with Crippen LogP contribution in [0.5, 0.6) is 5.75 Å². The number of hydrogen-bond acceptors (Lipinski definition) is 6. The third-order valence-corrected chi connectivity index (χ3v) is 4.85. The Balaban J connectivity index is 1.85. The highest BCUT2D eigenvalue weighted by atomic mass is 16.6. The monoisotopic (exact) mass is 399 g/mol. The lowest BCUT2D eigenvalue weighted by atomic mass is 10.1. The lowest BCUT2D eigenvalue weighted by Gasteiger charge is -2.18. The summed E-state index contributed by atoms with van der Waals surface area (Å²) in [5.74, 6) is -1.40. The molecule has 0 saturated carbocycles. The summed E-state index contributed by atoms with van der Waals surface area (Å²) in [6.45, 7) is 1.45. The van der Waals surface area contributed by atoms with Crippen molar-refractivity contribution < 1.29 is 24.4 Å². The third-order valence-electron chi connectivity index (χ3n) is 4.85. The van der Waals surface area contributed by atoms with Crippen molar-refractivity contribution in [3.05, 3.63) is 63.7 Å². The van der Waals surface area contributed by atoms with Gasteiger partial charge in [-0.25, -0.2) is 4.79 Å². The second-order valence-corrected chi connectivity index (χ2v) is 6.67. The van der Waals surface area contributed by atoms with Gasteiger partial charge in [0, 0.05) is 24.7 Å². The smallest absolute Gasteiger partial charge is 0.330 e. The van der Waals surface area contributed by atoms with E-state index in [1.54, 1.807) is 18.2 Å². The van der Waals surface area contributed by atoms with Gasteiger partial charge in [-0.3, -0.25) is 14.9 Å². The van der Waals surface area contributed by atoms with Crippen molar-refractivity contribution in [3.8, 4) is 5.75 Å². The second-order valence-electron chi connectivity index (χ2n) is 6.67. The van der Waals surface area contributed by atoms with Crippen LogP contribution in [-0.4, -0.2) is 42.1 Å². The molecule has 152 valence electrons. The molecular formula is C20H21N3O6. The number of carboxylic acid groups (broad SMARTS) is 1. The highest BCUT2D eigenvalue weighted by Gasteiger charge is 2.26. The zero-order valence-corrected chi connectivity index (χ0v) is 15.8. The quantitative estimate of drug-likeness (QED) is 0.542. The molecule has 0 bridgehead atoms. The average Bonchev–Trinajstić information content (AvgIpc) is 3.26. The Morgan fingerprint density at radius 2 is 1.83 bits per heavy atom. The third kappa shape index (κ3) is 4.45. The molecule has 9 nitrogen and oxygen atoms in total. The van der Waals surface area contributed by atoms with Crippen molar-refractivity contribution in [3.63, 3.8) is 0 Å². The Morgan fingerprint density at radius 1 is 1.17 bits per heavy atom. The number of nitrogens with zero attached hydrogens (tertiary/aromatic N) is 2. The number of rotatable bonds is 7. The molecule has 1 amide bonds. The van der Waals surface area contributed by atoms with Crippen LogP contribution in [0.4, 0.5) is 11.4 Å². The molecule has 9 heteroatoms. The maximum Gasteiger partial charge on any atom is 0.330 e. The zero-order valence-electron chi connectivity index (χ0n) is 15.8. The van der Waals surface area contributed by atoms with Gasteiger partial charge in [0.2, 0.25) is 0 Å². The summed E-state index contributed by atoms with van der Waals surface area (Å²) in [6, 6.07) is 9.17. The fraction of sp³-hybridized carbons (Fsp3) is 0.300. The first-order chi connectivity index (χ1) is 13.9. The predicted molar refractivity (Wildman–Crippen MR) is 105 cm³/mol. The molecule has 2 aromatic carbocycles. The number of nitro groups is 1. The number of carbonyl (C=O) groups excluding carboxylic acids is 1. The van der Waals surface area contributed by atoms with Gasteiger partial charge in [0.25, 0.3) is 11.6 Å². The predicted octanol–water partition coefficient (Wildman–Crippen LogP) is 2.76. The molecular weight excluding hydrogens is 378 g/mol. The zero-order chi connectivity index (χ0) is 21.0. The van der Waals surface area contributed by atoms with E-state index in [0.29, 0.717) is 17.0 Å². The van der Waals surface area contributed by atoms with Crippen LogP contribution in [0.15, 0.2) is 42.5 Å². The summed E-state index contributed by atoms with van der Waals surface area (Å²) in [4.78, 5) is 37.2. The van der Waals surface area contributed by atoms with Crippen LogP contribution < -0.4 is 15.0 Å². The molecule has 1 fully saturated rings. The number of benzene rings is 2. The molecule has 2 aromatic rings. The van der Waals surface area contributed by atoms with Gasteiger partial charge in [-0.2, -0.15) is 0 Å². The fourth-order valence-electron chi connectivity index (χ4n) is 3.33. The van der Waals surface area contributed by atoms with Gasteiger partial charge in [0.05, 0.1) is 12.0 Å². The minimum Gasteiger partial charge on any atom is -0.497 e. The van der Waals surface area contributed by atoms with Gasteiger partial charge in [0.15, 0.2) is 6.04 Å². The van der Waals surface area contributed by atoms with Crippen LogP contribution in [0.3, 0.4) is 0 Å². The largest absolute Gasteiger partial charge is 0.497 e. The number of anilines is 1. The van der Waals surface area contributed by atoms with Crippen molar-refractivity contribution in [2.45, 2.75) is 18.9 Å². The second kappa shape index (κ2) is 8.59. The van der Waals surface area contributed by atoms with Gasteiger partial charge < -0.3 is 20.1 Å². The summed E-state index contributed by atoms with van der Waals surface area (Å²) in [5, 5.41) is 23.5. The first-order valence-electron chi connectivity index (χ1n) is 9.11. The van der Waals surface area contributed by atoms with E-state index in [1.165, 1.54) is 31.4 Å². The first kappa shape index (κ1) is 20.1. The molecule has 1 aliphatic rings. The molecule has 29 heavy (non-hydrogen) atoms.